The van der Waals surface area contributed by atoms with Crippen molar-refractivity contribution in [2.45, 2.75) is 36.9 Å². The van der Waals surface area contributed by atoms with Gasteiger partial charge in [0, 0.05) is 30.2 Å². The van der Waals surface area contributed by atoms with Gasteiger partial charge in [-0.1, -0.05) is 12.1 Å². The molecule has 1 aliphatic heterocycles. The summed E-state index contributed by atoms with van der Waals surface area (Å²) in [7, 11) is 0. The van der Waals surface area contributed by atoms with Crippen molar-refractivity contribution < 1.29 is 23.8 Å². The van der Waals surface area contributed by atoms with Gasteiger partial charge in [-0.05, 0) is 43.9 Å². The van der Waals surface area contributed by atoms with Crippen LogP contribution in [-0.2, 0) is 15.1 Å². The number of nitrogens with one attached hydrogen (secondary N) is 1. The number of carbonyl (C=O) groups excluding carboxylic acids is 2. The lowest BCUT2D eigenvalue weighted by Crippen LogP contribution is -2.49. The first-order valence-corrected chi connectivity index (χ1v) is 9.93. The van der Waals surface area contributed by atoms with Crippen LogP contribution in [0.25, 0.3) is 5.69 Å². The number of ether oxygens (including phenoxy) is 1. The number of carbonyl (C=O) groups is 2. The van der Waals surface area contributed by atoms with Crippen molar-refractivity contribution in [1.82, 2.24) is 14.8 Å². The standard InChI is InChI=1S/C22H19FN4O4/c23-16-3-1-2-4-17(16)27-12-6-18(26-27)25-20(29)21(30)7-9-22(10-8-21)15-13-24-11-5-14(15)19(28)31-22/h1-6,11-13,30H,7-10H2,(H,25,26,29)/t21-,22+. The quantitative estimate of drug-likeness (QED) is 0.629. The van der Waals surface area contributed by atoms with E-state index in [1.807, 2.05) is 0 Å². The van der Waals surface area contributed by atoms with Gasteiger partial charge in [0.15, 0.2) is 5.82 Å². The Morgan fingerprint density at radius 3 is 2.71 bits per heavy atom. The minimum atomic E-state index is -1.63. The van der Waals surface area contributed by atoms with Gasteiger partial charge in [0.05, 0.1) is 5.56 Å². The number of aliphatic hydroxyl groups is 1. The summed E-state index contributed by atoms with van der Waals surface area (Å²) in [5.41, 5.74) is -1.07. The van der Waals surface area contributed by atoms with Crippen molar-refractivity contribution in [2.75, 3.05) is 5.32 Å². The molecule has 1 aliphatic carbocycles. The number of amides is 1. The third kappa shape index (κ3) is 3.17. The molecule has 0 saturated heterocycles. The third-order valence-electron chi connectivity index (χ3n) is 6.06. The monoisotopic (exact) mass is 422 g/mol. The largest absolute Gasteiger partial charge is 0.450 e. The second kappa shape index (κ2) is 6.98. The van der Waals surface area contributed by atoms with E-state index in [0.29, 0.717) is 24.0 Å². The van der Waals surface area contributed by atoms with Gasteiger partial charge in [-0.15, -0.1) is 5.10 Å². The average Bonchev–Trinajstić information content (AvgIpc) is 3.34. The molecule has 2 aliphatic rings. The number of halogens is 1. The van der Waals surface area contributed by atoms with Gasteiger partial charge in [0.2, 0.25) is 0 Å². The molecule has 5 rings (SSSR count). The summed E-state index contributed by atoms with van der Waals surface area (Å²) >= 11 is 0. The number of nitrogens with zero attached hydrogens (tertiary/aromatic N) is 3. The van der Waals surface area contributed by atoms with Gasteiger partial charge in [0.1, 0.15) is 22.7 Å². The first kappa shape index (κ1) is 19.4. The highest BCUT2D eigenvalue weighted by atomic mass is 19.1. The molecule has 0 atom stereocenters. The maximum absolute atomic E-state index is 13.9. The zero-order valence-electron chi connectivity index (χ0n) is 16.4. The van der Waals surface area contributed by atoms with E-state index in [2.05, 4.69) is 15.4 Å². The second-order valence-electron chi connectivity index (χ2n) is 7.89. The lowest BCUT2D eigenvalue weighted by molar-refractivity contribution is -0.144. The van der Waals surface area contributed by atoms with Crippen LogP contribution in [0.1, 0.15) is 41.6 Å². The number of rotatable bonds is 3. The van der Waals surface area contributed by atoms with E-state index in [1.54, 1.807) is 30.5 Å². The van der Waals surface area contributed by atoms with Crippen molar-refractivity contribution in [3.8, 4) is 5.69 Å². The van der Waals surface area contributed by atoms with Gasteiger partial charge < -0.3 is 15.2 Å². The highest BCUT2D eigenvalue weighted by molar-refractivity contribution is 5.97. The van der Waals surface area contributed by atoms with Crippen LogP contribution in [0.3, 0.4) is 0 Å². The van der Waals surface area contributed by atoms with E-state index < -0.39 is 28.9 Å². The molecule has 1 saturated carbocycles. The van der Waals surface area contributed by atoms with E-state index in [-0.39, 0.29) is 24.3 Å². The SMILES string of the molecule is O=C1O[C@]2(CC[C@](O)(C(=O)Nc3ccn(-c4ccccc4F)n3)CC2)c2cnccc21. The molecule has 0 unspecified atom stereocenters. The van der Waals surface area contributed by atoms with Crippen LogP contribution in [-0.4, -0.2) is 37.3 Å². The van der Waals surface area contributed by atoms with Crippen LogP contribution in [0.4, 0.5) is 10.2 Å². The molecular weight excluding hydrogens is 403 g/mol. The Hall–Kier alpha value is -3.59. The Labute approximate surface area is 176 Å². The first-order valence-electron chi connectivity index (χ1n) is 9.93. The number of aromatic nitrogens is 3. The highest BCUT2D eigenvalue weighted by Gasteiger charge is 2.53. The van der Waals surface area contributed by atoms with Gasteiger partial charge in [0.25, 0.3) is 5.91 Å². The zero-order chi connectivity index (χ0) is 21.6. The minimum Gasteiger partial charge on any atom is -0.450 e. The molecule has 1 fully saturated rings. The van der Waals surface area contributed by atoms with Gasteiger partial charge in [-0.25, -0.2) is 13.9 Å². The number of esters is 1. The molecule has 31 heavy (non-hydrogen) atoms. The summed E-state index contributed by atoms with van der Waals surface area (Å²) in [6, 6.07) is 9.29. The fraction of sp³-hybridized carbons (Fsp3) is 0.273. The number of pyridine rings is 1. The number of para-hydroxylation sites is 1. The molecular formula is C22H19FN4O4. The molecule has 158 valence electrons. The Bertz CT molecular complexity index is 1180. The molecule has 1 amide bonds. The summed E-state index contributed by atoms with van der Waals surface area (Å²) in [6.07, 6.45) is 5.47. The summed E-state index contributed by atoms with van der Waals surface area (Å²) in [6.45, 7) is 0. The maximum Gasteiger partial charge on any atom is 0.339 e. The van der Waals surface area contributed by atoms with E-state index in [4.69, 9.17) is 4.74 Å². The number of hydrogen-bond donors (Lipinski definition) is 2. The number of fused-ring (bicyclic) bond motifs is 2. The van der Waals surface area contributed by atoms with Crippen LogP contribution >= 0.6 is 0 Å². The fourth-order valence-corrected chi connectivity index (χ4v) is 4.28. The predicted molar refractivity (Wildman–Crippen MR) is 107 cm³/mol. The molecule has 0 bridgehead atoms. The summed E-state index contributed by atoms with van der Waals surface area (Å²) < 4.78 is 20.9. The number of anilines is 1. The molecule has 3 heterocycles. The van der Waals surface area contributed by atoms with Crippen molar-refractivity contribution in [3.05, 3.63) is 71.9 Å². The van der Waals surface area contributed by atoms with Crippen LogP contribution in [0.15, 0.2) is 55.0 Å². The van der Waals surface area contributed by atoms with Crippen molar-refractivity contribution in [3.63, 3.8) is 0 Å². The van der Waals surface area contributed by atoms with Gasteiger partial charge in [-0.2, -0.15) is 0 Å². The lowest BCUT2D eigenvalue weighted by Gasteiger charge is -2.40. The Kier molecular flexibility index (Phi) is 4.37. The Morgan fingerprint density at radius 2 is 1.94 bits per heavy atom. The van der Waals surface area contributed by atoms with Crippen molar-refractivity contribution in [2.24, 2.45) is 0 Å². The van der Waals surface area contributed by atoms with Crippen LogP contribution in [0.2, 0.25) is 0 Å². The van der Waals surface area contributed by atoms with E-state index >= 15 is 0 Å². The molecule has 1 aromatic carbocycles. The molecule has 0 radical (unpaired) electrons. The summed E-state index contributed by atoms with van der Waals surface area (Å²) in [5, 5.41) is 17.7. The Balaban J connectivity index is 1.30. The fourth-order valence-electron chi connectivity index (χ4n) is 4.28. The Morgan fingerprint density at radius 1 is 1.16 bits per heavy atom. The molecule has 9 heteroatoms. The molecule has 8 nitrogen and oxygen atoms in total. The number of hydrogen-bond acceptors (Lipinski definition) is 6. The van der Waals surface area contributed by atoms with Crippen LogP contribution in [0, 0.1) is 5.82 Å². The van der Waals surface area contributed by atoms with Crippen molar-refractivity contribution in [1.29, 1.82) is 0 Å². The third-order valence-corrected chi connectivity index (χ3v) is 6.06. The molecule has 3 aromatic rings. The average molecular weight is 422 g/mol. The van der Waals surface area contributed by atoms with Gasteiger partial charge in [-0.3, -0.25) is 9.78 Å². The first-order chi connectivity index (χ1) is 14.9. The summed E-state index contributed by atoms with van der Waals surface area (Å²) in [4.78, 5) is 29.1. The van der Waals surface area contributed by atoms with Crippen LogP contribution in [0.5, 0.6) is 0 Å². The molecule has 2 aromatic heterocycles. The number of benzene rings is 1. The summed E-state index contributed by atoms with van der Waals surface area (Å²) in [5.74, 6) is -1.26. The van der Waals surface area contributed by atoms with Crippen LogP contribution < -0.4 is 5.32 Å². The lowest BCUT2D eigenvalue weighted by atomic mass is 9.73. The smallest absolute Gasteiger partial charge is 0.339 e. The minimum absolute atomic E-state index is 0.106. The zero-order valence-corrected chi connectivity index (χ0v) is 16.4. The maximum atomic E-state index is 13.9. The van der Waals surface area contributed by atoms with Crippen molar-refractivity contribution >= 4 is 17.7 Å². The normalized spacial score (nSPS) is 24.6. The topological polar surface area (TPSA) is 106 Å². The molecule has 2 N–H and O–H groups in total. The van der Waals surface area contributed by atoms with E-state index in [9.17, 15) is 19.1 Å². The molecule has 1 spiro atoms. The van der Waals surface area contributed by atoms with Gasteiger partial charge >= 0.3 is 5.97 Å². The highest BCUT2D eigenvalue weighted by Crippen LogP contribution is 2.49. The second-order valence-corrected chi connectivity index (χ2v) is 7.89. The van der Waals surface area contributed by atoms with E-state index in [0.717, 1.165) is 0 Å². The van der Waals surface area contributed by atoms with E-state index in [1.165, 1.54) is 29.2 Å². The predicted octanol–water partition coefficient (Wildman–Crippen LogP) is 2.72.